The number of anilines is 1. The predicted octanol–water partition coefficient (Wildman–Crippen LogP) is 2.70. The van der Waals surface area contributed by atoms with Crippen LogP contribution in [0, 0.1) is 13.8 Å². The second-order valence-electron chi connectivity index (χ2n) is 6.64. The van der Waals surface area contributed by atoms with E-state index >= 15 is 0 Å². The van der Waals surface area contributed by atoms with Crippen molar-refractivity contribution in [1.82, 2.24) is 24.6 Å². The molecule has 3 rings (SSSR count). The lowest BCUT2D eigenvalue weighted by Gasteiger charge is -2.17. The number of hydrogen-bond acceptors (Lipinski definition) is 5. The predicted molar refractivity (Wildman–Crippen MR) is 105 cm³/mol. The van der Waals surface area contributed by atoms with Crippen LogP contribution in [-0.4, -0.2) is 44.1 Å². The smallest absolute Gasteiger partial charge is 0.253 e. The molecular formula is C20H24N6O. The Morgan fingerprint density at radius 1 is 1.11 bits per heavy atom. The number of aryl methyl sites for hydroxylation is 3. The Morgan fingerprint density at radius 3 is 2.37 bits per heavy atom. The van der Waals surface area contributed by atoms with E-state index in [0.29, 0.717) is 12.1 Å². The number of amides is 1. The van der Waals surface area contributed by atoms with Gasteiger partial charge in [0, 0.05) is 49.4 Å². The fourth-order valence-corrected chi connectivity index (χ4v) is 2.97. The largest absolute Gasteiger partial charge is 0.368 e. The molecule has 0 saturated heterocycles. The molecule has 2 heterocycles. The van der Waals surface area contributed by atoms with Gasteiger partial charge in [-0.3, -0.25) is 9.48 Å². The third kappa shape index (κ3) is 4.49. The molecule has 0 unspecified atom stereocenters. The van der Waals surface area contributed by atoms with Crippen LogP contribution in [0.1, 0.15) is 28.2 Å². The van der Waals surface area contributed by atoms with E-state index in [0.717, 1.165) is 35.5 Å². The summed E-state index contributed by atoms with van der Waals surface area (Å²) >= 11 is 0. The average molecular weight is 364 g/mol. The quantitative estimate of drug-likeness (QED) is 0.726. The van der Waals surface area contributed by atoms with Crippen molar-refractivity contribution < 1.29 is 4.79 Å². The van der Waals surface area contributed by atoms with Gasteiger partial charge in [-0.15, -0.1) is 0 Å². The maximum absolute atomic E-state index is 12.6. The van der Waals surface area contributed by atoms with Gasteiger partial charge in [0.25, 0.3) is 5.91 Å². The summed E-state index contributed by atoms with van der Waals surface area (Å²) in [5.41, 5.74) is 10.1. The van der Waals surface area contributed by atoms with Gasteiger partial charge in [-0.05, 0) is 44.0 Å². The van der Waals surface area contributed by atoms with E-state index in [1.165, 1.54) is 0 Å². The van der Waals surface area contributed by atoms with E-state index in [-0.39, 0.29) is 11.9 Å². The summed E-state index contributed by atoms with van der Waals surface area (Å²) in [5.74, 6) is 0.246. The van der Waals surface area contributed by atoms with Crippen LogP contribution in [0.5, 0.6) is 0 Å². The highest BCUT2D eigenvalue weighted by molar-refractivity contribution is 5.94. The standard InChI is InChI=1S/C20H24N6O/c1-14-11-15(2)26(24-14)10-4-9-25(3)19(27)17-7-5-16(6-8-17)18-12-22-20(21)23-13-18/h5-8,11-13H,4,9-10H2,1-3H3,(H2,21,22,23). The minimum absolute atomic E-state index is 0.00322. The molecule has 0 aliphatic carbocycles. The van der Waals surface area contributed by atoms with Crippen molar-refractivity contribution in [2.75, 3.05) is 19.3 Å². The number of aromatic nitrogens is 4. The van der Waals surface area contributed by atoms with Crippen molar-refractivity contribution in [1.29, 1.82) is 0 Å². The summed E-state index contributed by atoms with van der Waals surface area (Å²) in [7, 11) is 1.82. The molecule has 2 aromatic heterocycles. The Bertz CT molecular complexity index is 915. The van der Waals surface area contributed by atoms with Gasteiger partial charge in [-0.25, -0.2) is 9.97 Å². The molecule has 0 atom stereocenters. The number of hydrogen-bond donors (Lipinski definition) is 1. The lowest BCUT2D eigenvalue weighted by Crippen LogP contribution is -2.28. The number of benzene rings is 1. The fourth-order valence-electron chi connectivity index (χ4n) is 2.97. The topological polar surface area (TPSA) is 89.9 Å². The second-order valence-corrected chi connectivity index (χ2v) is 6.64. The van der Waals surface area contributed by atoms with Gasteiger partial charge >= 0.3 is 0 Å². The van der Waals surface area contributed by atoms with Gasteiger partial charge in [0.2, 0.25) is 5.95 Å². The Labute approximate surface area is 158 Å². The first-order valence-corrected chi connectivity index (χ1v) is 8.88. The Kier molecular flexibility index (Phi) is 5.49. The third-order valence-electron chi connectivity index (χ3n) is 4.45. The van der Waals surface area contributed by atoms with Crippen LogP contribution < -0.4 is 5.73 Å². The number of carbonyl (C=O) groups is 1. The van der Waals surface area contributed by atoms with Gasteiger partial charge in [-0.1, -0.05) is 12.1 Å². The summed E-state index contributed by atoms with van der Waals surface area (Å²) in [5, 5.41) is 4.45. The highest BCUT2D eigenvalue weighted by Crippen LogP contribution is 2.19. The molecule has 140 valence electrons. The van der Waals surface area contributed by atoms with Gasteiger partial charge in [0.1, 0.15) is 0 Å². The van der Waals surface area contributed by atoms with Crippen LogP contribution in [0.25, 0.3) is 11.1 Å². The molecule has 2 N–H and O–H groups in total. The SMILES string of the molecule is Cc1cc(C)n(CCCN(C)C(=O)c2ccc(-c3cnc(N)nc3)cc2)n1. The molecule has 1 amide bonds. The van der Waals surface area contributed by atoms with Gasteiger partial charge in [-0.2, -0.15) is 5.10 Å². The summed E-state index contributed by atoms with van der Waals surface area (Å²) < 4.78 is 1.98. The number of carbonyl (C=O) groups excluding carboxylic acids is 1. The van der Waals surface area contributed by atoms with Gasteiger partial charge in [0.05, 0.1) is 5.69 Å². The minimum atomic E-state index is 0.00322. The van der Waals surface area contributed by atoms with Gasteiger partial charge in [0.15, 0.2) is 0 Å². The molecule has 0 aliphatic heterocycles. The van der Waals surface area contributed by atoms with Crippen LogP contribution in [-0.2, 0) is 6.54 Å². The van der Waals surface area contributed by atoms with Crippen molar-refractivity contribution in [3.8, 4) is 11.1 Å². The first kappa shape index (κ1) is 18.6. The Balaban J connectivity index is 1.58. The Morgan fingerprint density at radius 2 is 1.78 bits per heavy atom. The first-order valence-electron chi connectivity index (χ1n) is 8.88. The number of nitrogen functional groups attached to an aromatic ring is 1. The maximum atomic E-state index is 12.6. The van der Waals surface area contributed by atoms with Crippen molar-refractivity contribution >= 4 is 11.9 Å². The van der Waals surface area contributed by atoms with E-state index in [9.17, 15) is 4.79 Å². The van der Waals surface area contributed by atoms with Gasteiger partial charge < -0.3 is 10.6 Å². The molecule has 0 fully saturated rings. The minimum Gasteiger partial charge on any atom is -0.368 e. The van der Waals surface area contributed by atoms with E-state index in [1.54, 1.807) is 17.3 Å². The number of nitrogens with two attached hydrogens (primary N) is 1. The molecule has 7 heteroatoms. The van der Waals surface area contributed by atoms with E-state index in [4.69, 9.17) is 5.73 Å². The average Bonchev–Trinajstić information content (AvgIpc) is 2.99. The summed E-state index contributed by atoms with van der Waals surface area (Å²) in [6, 6.07) is 9.50. The van der Waals surface area contributed by atoms with Crippen molar-refractivity contribution in [2.24, 2.45) is 0 Å². The summed E-state index contributed by atoms with van der Waals surface area (Å²) in [4.78, 5) is 22.3. The van der Waals surface area contributed by atoms with Crippen LogP contribution in [0.4, 0.5) is 5.95 Å². The van der Waals surface area contributed by atoms with Crippen LogP contribution in [0.3, 0.4) is 0 Å². The van der Waals surface area contributed by atoms with E-state index < -0.39 is 0 Å². The Hall–Kier alpha value is -3.22. The highest BCUT2D eigenvalue weighted by atomic mass is 16.2. The maximum Gasteiger partial charge on any atom is 0.253 e. The highest BCUT2D eigenvalue weighted by Gasteiger charge is 2.12. The molecule has 0 radical (unpaired) electrons. The summed E-state index contributed by atoms with van der Waals surface area (Å²) in [6.45, 7) is 5.50. The number of rotatable bonds is 6. The normalized spacial score (nSPS) is 10.8. The molecule has 0 bridgehead atoms. The zero-order valence-corrected chi connectivity index (χ0v) is 15.9. The summed E-state index contributed by atoms with van der Waals surface area (Å²) in [6.07, 6.45) is 4.19. The third-order valence-corrected chi connectivity index (χ3v) is 4.45. The molecule has 1 aromatic carbocycles. The molecule has 0 saturated carbocycles. The van der Waals surface area contributed by atoms with Crippen molar-refractivity contribution in [2.45, 2.75) is 26.8 Å². The zero-order chi connectivity index (χ0) is 19.4. The molecule has 0 aliphatic rings. The number of nitrogens with zero attached hydrogens (tertiary/aromatic N) is 5. The molecular weight excluding hydrogens is 340 g/mol. The van der Waals surface area contributed by atoms with Crippen LogP contribution in [0.2, 0.25) is 0 Å². The van der Waals surface area contributed by atoms with Crippen LogP contribution >= 0.6 is 0 Å². The lowest BCUT2D eigenvalue weighted by atomic mass is 10.1. The molecule has 7 nitrogen and oxygen atoms in total. The van der Waals surface area contributed by atoms with Crippen molar-refractivity contribution in [3.63, 3.8) is 0 Å². The molecule has 27 heavy (non-hydrogen) atoms. The fraction of sp³-hybridized carbons (Fsp3) is 0.300. The van der Waals surface area contributed by atoms with Crippen LogP contribution in [0.15, 0.2) is 42.7 Å². The lowest BCUT2D eigenvalue weighted by molar-refractivity contribution is 0.0791. The molecule has 0 spiro atoms. The zero-order valence-electron chi connectivity index (χ0n) is 15.9. The van der Waals surface area contributed by atoms with E-state index in [1.807, 2.05) is 49.8 Å². The monoisotopic (exact) mass is 364 g/mol. The second kappa shape index (κ2) is 7.99. The molecule has 3 aromatic rings. The van der Waals surface area contributed by atoms with Crippen molar-refractivity contribution in [3.05, 3.63) is 59.7 Å². The van der Waals surface area contributed by atoms with E-state index in [2.05, 4.69) is 21.1 Å². The first-order chi connectivity index (χ1) is 12.9.